The fourth-order valence-electron chi connectivity index (χ4n) is 2.48. The van der Waals surface area contributed by atoms with Gasteiger partial charge in [0.1, 0.15) is 23.1 Å². The Balaban J connectivity index is 2.07. The highest BCUT2D eigenvalue weighted by atomic mass is 19.1. The minimum Gasteiger partial charge on any atom is -0.492 e. The lowest BCUT2D eigenvalue weighted by molar-refractivity contribution is 0.254. The topological polar surface area (TPSA) is 105 Å². The Hall–Kier alpha value is -3.63. The van der Waals surface area contributed by atoms with Crippen LogP contribution in [0.15, 0.2) is 24.4 Å². The summed E-state index contributed by atoms with van der Waals surface area (Å²) in [6, 6.07) is 2.96. The Labute approximate surface area is 152 Å². The molecular formula is C16H17F2N7O2. The Kier molecular flexibility index (Phi) is 4.92. The van der Waals surface area contributed by atoms with E-state index in [0.717, 1.165) is 12.1 Å². The summed E-state index contributed by atoms with van der Waals surface area (Å²) in [6.45, 7) is 0. The van der Waals surface area contributed by atoms with Gasteiger partial charge in [-0.3, -0.25) is 0 Å². The van der Waals surface area contributed by atoms with Gasteiger partial charge >= 0.3 is 6.03 Å². The number of ether oxygens (including phenoxy) is 1. The molecule has 0 aliphatic heterocycles. The van der Waals surface area contributed by atoms with E-state index in [9.17, 15) is 13.6 Å². The highest BCUT2D eigenvalue weighted by molar-refractivity contribution is 5.93. The molecule has 0 aliphatic carbocycles. The number of aromatic nitrogens is 3. The fraction of sp³-hybridized carbons (Fsp3) is 0.188. The number of benzene rings is 1. The second-order valence-electron chi connectivity index (χ2n) is 5.37. The maximum Gasteiger partial charge on any atom is 0.319 e. The largest absolute Gasteiger partial charge is 0.492 e. The standard InChI is InChI=1S/C16H17F2N7O2/c1-19-13-6-12(22-10-5-8(17)4-9(18)14(10)27-3)24-15-11(7-21-25(13)15)23-16(26)20-2/h4-7,19H,1-3H3,(H,22,24)(H2,20,23,26). The molecule has 142 valence electrons. The zero-order valence-electron chi connectivity index (χ0n) is 14.7. The van der Waals surface area contributed by atoms with Crippen LogP contribution in [0.3, 0.4) is 0 Å². The molecule has 0 radical (unpaired) electrons. The second kappa shape index (κ2) is 7.32. The third-order valence-corrected chi connectivity index (χ3v) is 3.68. The van der Waals surface area contributed by atoms with Crippen LogP contribution in [0.1, 0.15) is 0 Å². The molecule has 0 aliphatic rings. The molecule has 3 aromatic rings. The molecule has 27 heavy (non-hydrogen) atoms. The molecule has 9 nitrogen and oxygen atoms in total. The summed E-state index contributed by atoms with van der Waals surface area (Å²) in [5.41, 5.74) is 0.741. The third-order valence-electron chi connectivity index (χ3n) is 3.68. The molecule has 0 unspecified atom stereocenters. The van der Waals surface area contributed by atoms with Crippen molar-refractivity contribution in [1.82, 2.24) is 19.9 Å². The molecule has 0 atom stereocenters. The maximum absolute atomic E-state index is 13.9. The van der Waals surface area contributed by atoms with Crippen molar-refractivity contribution in [3.05, 3.63) is 36.0 Å². The number of anilines is 4. The third kappa shape index (κ3) is 3.52. The molecule has 0 saturated carbocycles. The summed E-state index contributed by atoms with van der Waals surface area (Å²) >= 11 is 0. The van der Waals surface area contributed by atoms with Gasteiger partial charge in [0.25, 0.3) is 0 Å². The van der Waals surface area contributed by atoms with Crippen LogP contribution in [0, 0.1) is 11.6 Å². The van der Waals surface area contributed by atoms with Crippen molar-refractivity contribution >= 4 is 34.7 Å². The van der Waals surface area contributed by atoms with Crippen LogP contribution in [0.4, 0.5) is 36.6 Å². The highest BCUT2D eigenvalue weighted by Crippen LogP contribution is 2.32. The van der Waals surface area contributed by atoms with E-state index in [1.165, 1.54) is 24.9 Å². The van der Waals surface area contributed by atoms with Crippen molar-refractivity contribution in [2.75, 3.05) is 37.2 Å². The SMILES string of the molecule is CNC(=O)Nc1cnn2c(NC)cc(Nc3cc(F)cc(F)c3OC)nc12. The van der Waals surface area contributed by atoms with Crippen molar-refractivity contribution in [2.45, 2.75) is 0 Å². The van der Waals surface area contributed by atoms with Gasteiger partial charge in [0.2, 0.25) is 0 Å². The average Bonchev–Trinajstić information content (AvgIpc) is 3.03. The van der Waals surface area contributed by atoms with Gasteiger partial charge in [0.15, 0.2) is 17.2 Å². The van der Waals surface area contributed by atoms with Crippen molar-refractivity contribution in [3.8, 4) is 5.75 Å². The first-order chi connectivity index (χ1) is 13.0. The predicted octanol–water partition coefficient (Wildman–Crippen LogP) is 2.55. The first kappa shape index (κ1) is 18.2. The number of fused-ring (bicyclic) bond motifs is 1. The molecule has 1 aromatic carbocycles. The van der Waals surface area contributed by atoms with Crippen LogP contribution in [0.2, 0.25) is 0 Å². The molecule has 2 heterocycles. The van der Waals surface area contributed by atoms with Crippen LogP contribution >= 0.6 is 0 Å². The lowest BCUT2D eigenvalue weighted by Gasteiger charge is -2.13. The minimum atomic E-state index is -0.846. The van der Waals surface area contributed by atoms with E-state index in [-0.39, 0.29) is 17.3 Å². The van der Waals surface area contributed by atoms with Crippen LogP contribution < -0.4 is 26.0 Å². The first-order valence-electron chi connectivity index (χ1n) is 7.82. The van der Waals surface area contributed by atoms with Crippen molar-refractivity contribution in [1.29, 1.82) is 0 Å². The van der Waals surface area contributed by atoms with Gasteiger partial charge in [-0.1, -0.05) is 0 Å². The van der Waals surface area contributed by atoms with Crippen molar-refractivity contribution < 1.29 is 18.3 Å². The molecule has 2 amide bonds. The minimum absolute atomic E-state index is 0.0641. The van der Waals surface area contributed by atoms with E-state index in [2.05, 4.69) is 31.3 Å². The van der Waals surface area contributed by atoms with Gasteiger partial charge in [0.05, 0.1) is 19.0 Å². The summed E-state index contributed by atoms with van der Waals surface area (Å²) in [4.78, 5) is 16.0. The molecule has 2 aromatic heterocycles. The van der Waals surface area contributed by atoms with Gasteiger partial charge in [-0.15, -0.1) is 0 Å². The molecule has 11 heteroatoms. The van der Waals surface area contributed by atoms with Gasteiger partial charge < -0.3 is 26.0 Å². The Morgan fingerprint density at radius 1 is 1.19 bits per heavy atom. The number of amides is 2. The Bertz CT molecular complexity index is 1010. The van der Waals surface area contributed by atoms with E-state index >= 15 is 0 Å². The van der Waals surface area contributed by atoms with E-state index in [1.54, 1.807) is 13.1 Å². The molecule has 0 saturated heterocycles. The Morgan fingerprint density at radius 2 is 1.96 bits per heavy atom. The number of carbonyl (C=O) groups excluding carboxylic acids is 1. The van der Waals surface area contributed by atoms with Crippen LogP contribution in [0.5, 0.6) is 5.75 Å². The first-order valence-corrected chi connectivity index (χ1v) is 7.82. The number of urea groups is 1. The number of hydrogen-bond acceptors (Lipinski definition) is 6. The van der Waals surface area contributed by atoms with Gasteiger partial charge in [-0.25, -0.2) is 18.6 Å². The molecule has 3 rings (SSSR count). The van der Waals surface area contributed by atoms with Crippen LogP contribution in [-0.2, 0) is 0 Å². The second-order valence-corrected chi connectivity index (χ2v) is 5.37. The average molecular weight is 377 g/mol. The van der Waals surface area contributed by atoms with Gasteiger partial charge in [0, 0.05) is 32.3 Å². The van der Waals surface area contributed by atoms with E-state index in [4.69, 9.17) is 4.74 Å². The number of halogens is 2. The number of nitrogens with zero attached hydrogens (tertiary/aromatic N) is 3. The lowest BCUT2D eigenvalue weighted by atomic mass is 10.2. The summed E-state index contributed by atoms with van der Waals surface area (Å²) in [6.07, 6.45) is 1.44. The zero-order chi connectivity index (χ0) is 19.6. The number of hydrogen-bond donors (Lipinski definition) is 4. The zero-order valence-corrected chi connectivity index (χ0v) is 14.7. The summed E-state index contributed by atoms with van der Waals surface area (Å²) in [5.74, 6) is -0.974. The smallest absolute Gasteiger partial charge is 0.319 e. The molecular weight excluding hydrogens is 360 g/mol. The van der Waals surface area contributed by atoms with E-state index < -0.39 is 17.7 Å². The summed E-state index contributed by atoms with van der Waals surface area (Å²) in [7, 11) is 4.43. The molecule has 0 bridgehead atoms. The predicted molar refractivity (Wildman–Crippen MR) is 96.8 cm³/mol. The number of carbonyl (C=O) groups is 1. The quantitative estimate of drug-likeness (QED) is 0.545. The number of methoxy groups -OCH3 is 1. The maximum atomic E-state index is 13.9. The number of rotatable bonds is 5. The lowest BCUT2D eigenvalue weighted by Crippen LogP contribution is -2.24. The molecule has 4 N–H and O–H groups in total. The van der Waals surface area contributed by atoms with E-state index in [0.29, 0.717) is 17.2 Å². The highest BCUT2D eigenvalue weighted by Gasteiger charge is 2.16. The fourth-order valence-corrected chi connectivity index (χ4v) is 2.48. The van der Waals surface area contributed by atoms with Gasteiger partial charge in [-0.2, -0.15) is 9.61 Å². The van der Waals surface area contributed by atoms with Gasteiger partial charge in [-0.05, 0) is 0 Å². The van der Waals surface area contributed by atoms with Crippen LogP contribution in [-0.4, -0.2) is 41.8 Å². The van der Waals surface area contributed by atoms with Crippen molar-refractivity contribution in [3.63, 3.8) is 0 Å². The monoisotopic (exact) mass is 377 g/mol. The Morgan fingerprint density at radius 3 is 2.63 bits per heavy atom. The van der Waals surface area contributed by atoms with Crippen LogP contribution in [0.25, 0.3) is 5.65 Å². The normalized spacial score (nSPS) is 10.6. The van der Waals surface area contributed by atoms with E-state index in [1.807, 2.05) is 0 Å². The van der Waals surface area contributed by atoms with Crippen molar-refractivity contribution in [2.24, 2.45) is 0 Å². The molecule has 0 spiro atoms. The summed E-state index contributed by atoms with van der Waals surface area (Å²) in [5, 5.41) is 15.0. The number of nitrogens with one attached hydrogen (secondary N) is 4. The molecule has 0 fully saturated rings. The summed E-state index contributed by atoms with van der Waals surface area (Å²) < 4.78 is 34.0.